The first-order valence-corrected chi connectivity index (χ1v) is 15.8. The molecule has 2 amide bonds. The van der Waals surface area contributed by atoms with Crippen LogP contribution in [0.5, 0.6) is 0 Å². The van der Waals surface area contributed by atoms with Crippen molar-refractivity contribution in [3.63, 3.8) is 0 Å². The molecule has 3 fully saturated rings. The fraction of sp³-hybridized carbons (Fsp3) is 0.594. The molecule has 4 aliphatic rings. The van der Waals surface area contributed by atoms with Gasteiger partial charge in [0.15, 0.2) is 0 Å². The second-order valence-corrected chi connectivity index (χ2v) is 13.6. The lowest BCUT2D eigenvalue weighted by Gasteiger charge is -2.46. The fourth-order valence-corrected chi connectivity index (χ4v) is 8.30. The van der Waals surface area contributed by atoms with Gasteiger partial charge in [0, 0.05) is 71.3 Å². The van der Waals surface area contributed by atoms with Gasteiger partial charge in [-0.25, -0.2) is 4.99 Å². The molecule has 6 rings (SSSR count). The molecule has 1 aromatic carbocycles. The monoisotopic (exact) mass is 562 g/mol. The van der Waals surface area contributed by atoms with Crippen LogP contribution in [0.1, 0.15) is 74.5 Å². The molecule has 2 aliphatic carbocycles. The van der Waals surface area contributed by atoms with E-state index < -0.39 is 5.92 Å². The number of hydrogen-bond acceptors (Lipinski definition) is 5. The summed E-state index contributed by atoms with van der Waals surface area (Å²) in [6.45, 7) is 8.68. The number of thioether (sulfide) groups is 1. The summed E-state index contributed by atoms with van der Waals surface area (Å²) in [6.07, 6.45) is 9.66. The predicted octanol–water partition coefficient (Wildman–Crippen LogP) is 5.53. The van der Waals surface area contributed by atoms with Crippen molar-refractivity contribution in [3.05, 3.63) is 46.5 Å². The number of aromatic nitrogens is 1. The number of carbonyl (C=O) groups excluding carboxylic acids is 2. The number of nitrogens with one attached hydrogen (secondary N) is 1. The van der Waals surface area contributed by atoms with Crippen LogP contribution in [0.15, 0.2) is 40.2 Å². The highest BCUT2D eigenvalue weighted by molar-refractivity contribution is 8.04. The lowest BCUT2D eigenvalue weighted by Crippen LogP contribution is -2.56. The van der Waals surface area contributed by atoms with Gasteiger partial charge in [-0.2, -0.15) is 0 Å². The van der Waals surface area contributed by atoms with E-state index in [0.29, 0.717) is 29.4 Å². The van der Waals surface area contributed by atoms with E-state index in [9.17, 15) is 9.59 Å². The van der Waals surface area contributed by atoms with Crippen molar-refractivity contribution < 1.29 is 14.3 Å². The van der Waals surface area contributed by atoms with Gasteiger partial charge in [0.25, 0.3) is 11.8 Å². The van der Waals surface area contributed by atoms with E-state index in [-0.39, 0.29) is 18.4 Å². The minimum Gasteiger partial charge on any atom is -0.379 e. The van der Waals surface area contributed by atoms with Gasteiger partial charge in [-0.1, -0.05) is 18.2 Å². The predicted molar refractivity (Wildman–Crippen MR) is 162 cm³/mol. The van der Waals surface area contributed by atoms with Crippen molar-refractivity contribution in [2.45, 2.75) is 82.7 Å². The summed E-state index contributed by atoms with van der Waals surface area (Å²) in [5.41, 5.74) is 3.60. The minimum absolute atomic E-state index is 0.108. The number of aliphatic imine (C=N–C) groups is 1. The number of benzene rings is 1. The smallest absolute Gasteiger partial charge is 0.255 e. The van der Waals surface area contributed by atoms with Gasteiger partial charge in [-0.3, -0.25) is 14.5 Å². The zero-order chi connectivity index (χ0) is 28.0. The third kappa shape index (κ3) is 5.42. The van der Waals surface area contributed by atoms with Crippen molar-refractivity contribution in [3.8, 4) is 0 Å². The lowest BCUT2D eigenvalue weighted by molar-refractivity contribution is -0.120. The molecule has 2 aromatic rings. The van der Waals surface area contributed by atoms with Gasteiger partial charge in [0.1, 0.15) is 0 Å². The Morgan fingerprint density at radius 1 is 1.12 bits per heavy atom. The summed E-state index contributed by atoms with van der Waals surface area (Å²) >= 11 is 1.78. The molecule has 3 heterocycles. The Bertz CT molecular complexity index is 1350. The number of dihydropyridines is 1. The number of fused-ring (bicyclic) bond motifs is 1. The van der Waals surface area contributed by atoms with Crippen LogP contribution in [0.2, 0.25) is 0 Å². The van der Waals surface area contributed by atoms with Gasteiger partial charge in [-0.05, 0) is 77.4 Å². The molecule has 2 aliphatic heterocycles. The zero-order valence-electron chi connectivity index (χ0n) is 24.2. The van der Waals surface area contributed by atoms with E-state index in [1.807, 2.05) is 26.2 Å². The summed E-state index contributed by atoms with van der Waals surface area (Å²) in [7, 11) is 1.81. The Labute approximate surface area is 241 Å². The van der Waals surface area contributed by atoms with Crippen LogP contribution < -0.4 is 5.32 Å². The number of methoxy groups -OCH3 is 1. The number of amides is 2. The van der Waals surface area contributed by atoms with Crippen molar-refractivity contribution in [2.24, 2.45) is 16.8 Å². The molecule has 0 spiro atoms. The van der Waals surface area contributed by atoms with Crippen molar-refractivity contribution >= 4 is 40.2 Å². The number of likely N-dealkylation sites (tertiary alicyclic amines) is 1. The first kappa shape index (κ1) is 27.7. The van der Waals surface area contributed by atoms with E-state index in [1.165, 1.54) is 38.5 Å². The van der Waals surface area contributed by atoms with Crippen LogP contribution in [0.25, 0.3) is 10.9 Å². The molecular weight excluding hydrogens is 520 g/mol. The molecule has 0 radical (unpaired) electrons. The third-order valence-corrected chi connectivity index (χ3v) is 11.0. The number of allylic oxidation sites excluding steroid dienone is 1. The standard InChI is InChI=1S/C32H42N4O3S/c1-19-15-29(40-25-13-14-25)27(31(37)34-19)16-33-32(38)30-21(3)36(28-8-6-5-7-26(28)30)20(2)22-9-11-23(12-10-22)35-17-24(18-35)39-4/h5-8,15,20,22-25,27H,9-14,16-18H2,1-4H3,(H,33,38)/t20-,22?,23?,27?/m1/s1. The highest BCUT2D eigenvalue weighted by Gasteiger charge is 2.37. The first-order chi connectivity index (χ1) is 19.3. The summed E-state index contributed by atoms with van der Waals surface area (Å²) in [6, 6.07) is 9.24. The van der Waals surface area contributed by atoms with Gasteiger partial charge < -0.3 is 14.6 Å². The molecule has 214 valence electrons. The number of nitrogens with zero attached hydrogens (tertiary/aromatic N) is 3. The molecular formula is C32H42N4O3S. The fourth-order valence-electron chi connectivity index (χ4n) is 6.96. The Morgan fingerprint density at radius 3 is 2.55 bits per heavy atom. The van der Waals surface area contributed by atoms with E-state index in [2.05, 4.69) is 51.8 Å². The summed E-state index contributed by atoms with van der Waals surface area (Å²) in [4.78, 5) is 34.4. The van der Waals surface area contributed by atoms with Crippen molar-refractivity contribution in [2.75, 3.05) is 26.7 Å². The second kappa shape index (κ2) is 11.5. The molecule has 2 saturated carbocycles. The number of para-hydroxylation sites is 1. The quantitative estimate of drug-likeness (QED) is 0.435. The van der Waals surface area contributed by atoms with Crippen LogP contribution >= 0.6 is 11.8 Å². The van der Waals surface area contributed by atoms with E-state index in [4.69, 9.17) is 4.74 Å². The van der Waals surface area contributed by atoms with Crippen LogP contribution in [-0.2, 0) is 9.53 Å². The Balaban J connectivity index is 1.17. The second-order valence-electron chi connectivity index (χ2n) is 12.2. The molecule has 2 atom stereocenters. The summed E-state index contributed by atoms with van der Waals surface area (Å²) in [5.74, 6) is -0.0765. The molecule has 40 heavy (non-hydrogen) atoms. The average Bonchev–Trinajstić information content (AvgIpc) is 3.67. The minimum atomic E-state index is -0.397. The maximum atomic E-state index is 13.7. The zero-order valence-corrected chi connectivity index (χ0v) is 25.0. The third-order valence-electron chi connectivity index (χ3n) is 9.51. The SMILES string of the molecule is COC1CN(C2CCC([C@@H](C)n3c(C)c(C(=O)NCC4C(=O)N=C(C)C=C4SC4CC4)c4ccccc43)CC2)C1. The van der Waals surface area contributed by atoms with Crippen LogP contribution in [0.3, 0.4) is 0 Å². The highest BCUT2D eigenvalue weighted by Crippen LogP contribution is 2.43. The normalized spacial score (nSPS) is 26.8. The lowest BCUT2D eigenvalue weighted by atomic mass is 9.80. The van der Waals surface area contributed by atoms with E-state index >= 15 is 0 Å². The molecule has 0 bridgehead atoms. The molecule has 1 saturated heterocycles. The molecule has 1 unspecified atom stereocenters. The summed E-state index contributed by atoms with van der Waals surface area (Å²) < 4.78 is 7.88. The van der Waals surface area contributed by atoms with E-state index in [1.54, 1.807) is 11.8 Å². The Morgan fingerprint density at radius 2 is 1.85 bits per heavy atom. The average molecular weight is 563 g/mol. The molecule has 1 N–H and O–H groups in total. The number of ether oxygens (including phenoxy) is 1. The molecule has 8 heteroatoms. The Hall–Kier alpha value is -2.42. The summed E-state index contributed by atoms with van der Waals surface area (Å²) in [5, 5.41) is 4.70. The van der Waals surface area contributed by atoms with Gasteiger partial charge in [0.05, 0.1) is 17.6 Å². The number of carbonyl (C=O) groups is 2. The van der Waals surface area contributed by atoms with Gasteiger partial charge >= 0.3 is 0 Å². The van der Waals surface area contributed by atoms with Crippen molar-refractivity contribution in [1.29, 1.82) is 0 Å². The molecule has 1 aromatic heterocycles. The van der Waals surface area contributed by atoms with Gasteiger partial charge in [-0.15, -0.1) is 11.8 Å². The van der Waals surface area contributed by atoms with Crippen LogP contribution in [0.4, 0.5) is 0 Å². The maximum absolute atomic E-state index is 13.7. The number of hydrogen-bond donors (Lipinski definition) is 1. The Kier molecular flexibility index (Phi) is 7.94. The first-order valence-electron chi connectivity index (χ1n) is 15.0. The molecule has 7 nitrogen and oxygen atoms in total. The maximum Gasteiger partial charge on any atom is 0.255 e. The van der Waals surface area contributed by atoms with Crippen LogP contribution in [0, 0.1) is 18.8 Å². The van der Waals surface area contributed by atoms with E-state index in [0.717, 1.165) is 45.9 Å². The van der Waals surface area contributed by atoms with Gasteiger partial charge in [0.2, 0.25) is 0 Å². The van der Waals surface area contributed by atoms with Crippen molar-refractivity contribution in [1.82, 2.24) is 14.8 Å². The van der Waals surface area contributed by atoms with Crippen LogP contribution in [-0.4, -0.2) is 71.1 Å². The number of rotatable bonds is 9. The largest absolute Gasteiger partial charge is 0.379 e. The topological polar surface area (TPSA) is 75.9 Å². The highest BCUT2D eigenvalue weighted by atomic mass is 32.2.